The zero-order chi connectivity index (χ0) is 51.7. The van der Waals surface area contributed by atoms with Crippen LogP contribution in [0.15, 0.2) is 285 Å². The van der Waals surface area contributed by atoms with E-state index in [2.05, 4.69) is 304 Å². The van der Waals surface area contributed by atoms with Crippen molar-refractivity contribution in [2.75, 3.05) is 4.90 Å². The van der Waals surface area contributed by atoms with Crippen LogP contribution >= 0.6 is 0 Å². The minimum Gasteiger partial charge on any atom is -0.310 e. The average molecular weight is 992 g/mol. The van der Waals surface area contributed by atoms with Crippen molar-refractivity contribution in [2.45, 2.75) is 30.1 Å². The molecule has 0 unspecified atom stereocenters. The summed E-state index contributed by atoms with van der Waals surface area (Å²) >= 11 is 0. The second-order valence-electron chi connectivity index (χ2n) is 22.2. The zero-order valence-electron chi connectivity index (χ0n) is 43.6. The largest absolute Gasteiger partial charge is 0.310 e. The van der Waals surface area contributed by atoms with Crippen molar-refractivity contribution in [3.8, 4) is 66.8 Å². The van der Waals surface area contributed by atoms with E-state index in [-0.39, 0.29) is 5.41 Å². The van der Waals surface area contributed by atoms with E-state index in [1.165, 1.54) is 117 Å². The van der Waals surface area contributed by atoms with Gasteiger partial charge in [-0.2, -0.15) is 0 Å². The molecule has 0 N–H and O–H groups in total. The molecule has 0 atom stereocenters. The van der Waals surface area contributed by atoms with Crippen LogP contribution in [0, 0.1) is 0 Å². The fourth-order valence-corrected chi connectivity index (χ4v) is 14.9. The Bertz CT molecular complexity index is 4330. The van der Waals surface area contributed by atoms with Gasteiger partial charge >= 0.3 is 0 Å². The maximum Gasteiger partial charge on any atom is 0.0725 e. The Kier molecular flexibility index (Phi) is 9.58. The minimum absolute atomic E-state index is 0.203. The van der Waals surface area contributed by atoms with E-state index < -0.39 is 10.8 Å². The summed E-state index contributed by atoms with van der Waals surface area (Å²) in [5.41, 5.74) is 30.3. The predicted molar refractivity (Wildman–Crippen MR) is 323 cm³/mol. The van der Waals surface area contributed by atoms with Gasteiger partial charge in [0.1, 0.15) is 0 Å². The van der Waals surface area contributed by atoms with Crippen molar-refractivity contribution >= 4 is 17.1 Å². The van der Waals surface area contributed by atoms with Gasteiger partial charge in [-0.15, -0.1) is 0 Å². The van der Waals surface area contributed by atoms with Gasteiger partial charge in [-0.05, 0) is 165 Å². The second kappa shape index (κ2) is 16.7. The lowest BCUT2D eigenvalue weighted by atomic mass is 9.67. The van der Waals surface area contributed by atoms with E-state index in [4.69, 9.17) is 0 Å². The second-order valence-corrected chi connectivity index (χ2v) is 22.2. The van der Waals surface area contributed by atoms with Gasteiger partial charge in [0.05, 0.1) is 10.8 Å². The molecular weight excluding hydrogens is 939 g/mol. The number of anilines is 3. The lowest BCUT2D eigenvalue weighted by Gasteiger charge is -2.35. The molecule has 1 heteroatoms. The molecule has 0 aromatic heterocycles. The van der Waals surface area contributed by atoms with Crippen LogP contribution in [0.2, 0.25) is 0 Å². The molecule has 78 heavy (non-hydrogen) atoms. The highest BCUT2D eigenvalue weighted by molar-refractivity contribution is 6.01. The SMILES string of the molecule is CC1(C)c2ccccc2-c2ccc(N(c3cc(-c4ccccc4)cc(-c4cccc5c4-c4ccccc4C54c5ccccc5-c5ccccc54)c3)c3ccc4c(c3)C(c3ccccc3)(c3ccccc3)c3ccccc3-4)cc21. The van der Waals surface area contributed by atoms with Crippen LogP contribution < -0.4 is 4.90 Å². The van der Waals surface area contributed by atoms with Gasteiger partial charge < -0.3 is 4.90 Å². The monoisotopic (exact) mass is 991 g/mol. The van der Waals surface area contributed by atoms with Gasteiger partial charge in [0.15, 0.2) is 0 Å². The number of benzene rings is 12. The van der Waals surface area contributed by atoms with Crippen molar-refractivity contribution in [3.05, 3.63) is 341 Å². The smallest absolute Gasteiger partial charge is 0.0725 e. The van der Waals surface area contributed by atoms with Gasteiger partial charge in [-0.3, -0.25) is 0 Å². The molecule has 0 saturated heterocycles. The molecule has 12 aromatic rings. The first-order valence-electron chi connectivity index (χ1n) is 27.5. The van der Waals surface area contributed by atoms with E-state index in [0.29, 0.717) is 0 Å². The van der Waals surface area contributed by atoms with E-state index in [9.17, 15) is 0 Å². The van der Waals surface area contributed by atoms with Crippen LogP contribution in [-0.2, 0) is 16.2 Å². The number of hydrogen-bond donors (Lipinski definition) is 0. The Morgan fingerprint density at radius 3 is 1.21 bits per heavy atom. The molecule has 0 aliphatic heterocycles. The van der Waals surface area contributed by atoms with Crippen LogP contribution in [0.5, 0.6) is 0 Å². The Labute approximate surface area is 457 Å². The molecule has 1 spiro atoms. The molecule has 0 bridgehead atoms. The summed E-state index contributed by atoms with van der Waals surface area (Å²) in [4.78, 5) is 2.56. The van der Waals surface area contributed by atoms with E-state index in [1.54, 1.807) is 0 Å². The number of hydrogen-bond acceptors (Lipinski definition) is 1. The minimum atomic E-state index is -0.569. The van der Waals surface area contributed by atoms with E-state index >= 15 is 0 Å². The van der Waals surface area contributed by atoms with Crippen LogP contribution in [0.1, 0.15) is 69.5 Å². The normalized spacial score (nSPS) is 14.6. The van der Waals surface area contributed by atoms with Gasteiger partial charge in [-0.1, -0.05) is 257 Å². The molecule has 0 heterocycles. The number of fused-ring (bicyclic) bond motifs is 16. The third-order valence-electron chi connectivity index (χ3n) is 18.1. The zero-order valence-corrected chi connectivity index (χ0v) is 43.6. The van der Waals surface area contributed by atoms with Gasteiger partial charge in [0, 0.05) is 22.5 Å². The first kappa shape index (κ1) is 44.7. The van der Waals surface area contributed by atoms with Gasteiger partial charge in [-0.25, -0.2) is 0 Å². The molecule has 0 fully saturated rings. The van der Waals surface area contributed by atoms with Crippen LogP contribution in [0.25, 0.3) is 66.8 Å². The fraction of sp³-hybridized carbons (Fsp3) is 0.0649. The molecule has 4 aliphatic rings. The summed E-state index contributed by atoms with van der Waals surface area (Å²) < 4.78 is 0. The maximum absolute atomic E-state index is 2.56. The van der Waals surface area contributed by atoms with Gasteiger partial charge in [0.2, 0.25) is 0 Å². The summed E-state index contributed by atoms with van der Waals surface area (Å²) in [6.45, 7) is 4.78. The van der Waals surface area contributed by atoms with Crippen LogP contribution in [-0.4, -0.2) is 0 Å². The van der Waals surface area contributed by atoms with Gasteiger partial charge in [0.25, 0.3) is 0 Å². The molecule has 1 nitrogen and oxygen atoms in total. The Balaban J connectivity index is 0.979. The molecule has 366 valence electrons. The summed E-state index contributed by atoms with van der Waals surface area (Å²) in [6.07, 6.45) is 0. The third-order valence-corrected chi connectivity index (χ3v) is 18.1. The first-order chi connectivity index (χ1) is 38.5. The van der Waals surface area contributed by atoms with Crippen molar-refractivity contribution in [1.29, 1.82) is 0 Å². The lowest BCUT2D eigenvalue weighted by Crippen LogP contribution is -2.28. The molecule has 16 rings (SSSR count). The predicted octanol–water partition coefficient (Wildman–Crippen LogP) is 19.5. The Morgan fingerprint density at radius 2 is 0.628 bits per heavy atom. The summed E-state index contributed by atoms with van der Waals surface area (Å²) in [5, 5.41) is 0. The van der Waals surface area contributed by atoms with Crippen molar-refractivity contribution in [1.82, 2.24) is 0 Å². The maximum atomic E-state index is 2.56. The standard InChI is InChI=1S/C77H53N/c1-75(2)66-35-17-12-29-59(66)63-43-41-55(48-72(63)75)78(56-42-44-64-62-32-13-18-36-67(62)76(73(64)49-56,53-25-8-4-9-26-53)54-27-10-5-11-28-54)57-46-51(50-23-6-3-7-24-50)45-52(47-57)58-34-22-40-71-74(58)65-33-16-21-39-70(65)77(71)68-37-19-14-30-60(68)61-31-15-20-38-69(61)77/h3-49H,1-2H3. The summed E-state index contributed by atoms with van der Waals surface area (Å²) in [5.74, 6) is 0. The van der Waals surface area contributed by atoms with Crippen molar-refractivity contribution in [3.63, 3.8) is 0 Å². The van der Waals surface area contributed by atoms with Crippen LogP contribution in [0.4, 0.5) is 17.1 Å². The highest BCUT2D eigenvalue weighted by Gasteiger charge is 2.52. The summed E-state index contributed by atoms with van der Waals surface area (Å²) in [7, 11) is 0. The Morgan fingerprint density at radius 1 is 0.231 bits per heavy atom. The molecular formula is C77H53N. The average Bonchev–Trinajstić information content (AvgIpc) is 3.91. The molecule has 12 aromatic carbocycles. The first-order valence-corrected chi connectivity index (χ1v) is 27.5. The van der Waals surface area contributed by atoms with E-state index in [0.717, 1.165) is 22.6 Å². The quantitative estimate of drug-likeness (QED) is 0.154. The van der Waals surface area contributed by atoms with Crippen molar-refractivity contribution < 1.29 is 0 Å². The summed E-state index contributed by atoms with van der Waals surface area (Å²) in [6, 6.07) is 108. The third kappa shape index (κ3) is 6.02. The van der Waals surface area contributed by atoms with Crippen molar-refractivity contribution in [2.24, 2.45) is 0 Å². The lowest BCUT2D eigenvalue weighted by molar-refractivity contribution is 0.660. The Hall–Kier alpha value is -9.56. The van der Waals surface area contributed by atoms with Crippen LogP contribution in [0.3, 0.4) is 0 Å². The fourth-order valence-electron chi connectivity index (χ4n) is 14.9. The topological polar surface area (TPSA) is 3.24 Å². The molecule has 0 amide bonds. The number of nitrogens with zero attached hydrogens (tertiary/aromatic N) is 1. The molecule has 4 aliphatic carbocycles. The highest BCUT2D eigenvalue weighted by atomic mass is 15.1. The molecule has 0 radical (unpaired) electrons. The number of rotatable bonds is 7. The van der Waals surface area contributed by atoms with E-state index in [1.807, 2.05) is 0 Å². The molecule has 0 saturated carbocycles. The highest BCUT2D eigenvalue weighted by Crippen LogP contribution is 2.65.